The van der Waals surface area contributed by atoms with Gasteiger partial charge in [-0.2, -0.15) is 9.61 Å². The second kappa shape index (κ2) is 7.20. The van der Waals surface area contributed by atoms with Gasteiger partial charge in [0.15, 0.2) is 5.65 Å². The third kappa shape index (κ3) is 3.45. The van der Waals surface area contributed by atoms with Gasteiger partial charge in [-0.3, -0.25) is 0 Å². The van der Waals surface area contributed by atoms with E-state index >= 15 is 0 Å². The molecule has 0 amide bonds. The minimum atomic E-state index is -1.05. The Bertz CT molecular complexity index is 781. The number of carboxylic acid groups (broad SMARTS) is 1. The number of fused-ring (bicyclic) bond motifs is 1. The fourth-order valence-electron chi connectivity index (χ4n) is 3.37. The summed E-state index contributed by atoms with van der Waals surface area (Å²) >= 11 is 6.51. The van der Waals surface area contributed by atoms with Crippen LogP contribution in [0, 0.1) is 11.8 Å². The minimum Gasteiger partial charge on any atom is -0.477 e. The van der Waals surface area contributed by atoms with E-state index in [-0.39, 0.29) is 5.56 Å². The first-order valence-electron chi connectivity index (χ1n) is 8.94. The summed E-state index contributed by atoms with van der Waals surface area (Å²) in [6, 6.07) is 0. The SMILES string of the molecule is CC(C)[C@H](C)CNc1c(C2CCCC2)c(Cl)nc2c(C(=O)O)cnn12. The molecule has 0 spiro atoms. The van der Waals surface area contributed by atoms with Crippen molar-refractivity contribution in [2.45, 2.75) is 52.4 Å². The maximum Gasteiger partial charge on any atom is 0.341 e. The topological polar surface area (TPSA) is 79.5 Å². The summed E-state index contributed by atoms with van der Waals surface area (Å²) < 4.78 is 1.61. The van der Waals surface area contributed by atoms with E-state index in [4.69, 9.17) is 11.6 Å². The van der Waals surface area contributed by atoms with E-state index in [9.17, 15) is 9.90 Å². The van der Waals surface area contributed by atoms with Crippen molar-refractivity contribution in [1.82, 2.24) is 14.6 Å². The molecule has 3 rings (SSSR count). The average Bonchev–Trinajstić information content (AvgIpc) is 3.20. The third-order valence-electron chi connectivity index (χ3n) is 5.36. The van der Waals surface area contributed by atoms with Crippen LogP contribution in [0.2, 0.25) is 5.15 Å². The molecule has 0 bridgehead atoms. The van der Waals surface area contributed by atoms with Crippen molar-refractivity contribution in [1.29, 1.82) is 0 Å². The van der Waals surface area contributed by atoms with E-state index in [1.165, 1.54) is 19.0 Å². The van der Waals surface area contributed by atoms with Crippen molar-refractivity contribution in [3.8, 4) is 0 Å². The molecule has 0 aliphatic heterocycles. The fourth-order valence-corrected chi connectivity index (χ4v) is 3.69. The van der Waals surface area contributed by atoms with Gasteiger partial charge in [0, 0.05) is 12.1 Å². The van der Waals surface area contributed by atoms with Gasteiger partial charge in [0.2, 0.25) is 0 Å². The number of carboxylic acids is 1. The Morgan fingerprint density at radius 3 is 2.68 bits per heavy atom. The number of aromatic carboxylic acids is 1. The number of hydrogen-bond acceptors (Lipinski definition) is 4. The van der Waals surface area contributed by atoms with Crippen molar-refractivity contribution in [2.75, 3.05) is 11.9 Å². The monoisotopic (exact) mass is 364 g/mol. The summed E-state index contributed by atoms with van der Waals surface area (Å²) in [5.41, 5.74) is 1.33. The van der Waals surface area contributed by atoms with Crippen molar-refractivity contribution in [3.63, 3.8) is 0 Å². The Balaban J connectivity index is 2.10. The summed E-state index contributed by atoms with van der Waals surface area (Å²) in [6.45, 7) is 7.35. The van der Waals surface area contributed by atoms with Crippen LogP contribution in [-0.4, -0.2) is 32.2 Å². The minimum absolute atomic E-state index is 0.0693. The lowest BCUT2D eigenvalue weighted by atomic mass is 9.97. The highest BCUT2D eigenvalue weighted by Gasteiger charge is 2.28. The Hall–Kier alpha value is -1.82. The van der Waals surface area contributed by atoms with E-state index in [2.05, 4.69) is 36.2 Å². The number of aromatic nitrogens is 3. The highest BCUT2D eigenvalue weighted by atomic mass is 35.5. The molecule has 1 atom stereocenters. The predicted molar refractivity (Wildman–Crippen MR) is 98.7 cm³/mol. The second-order valence-electron chi connectivity index (χ2n) is 7.35. The van der Waals surface area contributed by atoms with Gasteiger partial charge in [0.1, 0.15) is 16.5 Å². The molecule has 0 radical (unpaired) electrons. The van der Waals surface area contributed by atoms with E-state index in [1.54, 1.807) is 4.52 Å². The van der Waals surface area contributed by atoms with Gasteiger partial charge in [0.25, 0.3) is 0 Å². The number of hydrogen-bond donors (Lipinski definition) is 2. The van der Waals surface area contributed by atoms with Gasteiger partial charge < -0.3 is 10.4 Å². The first-order chi connectivity index (χ1) is 11.9. The van der Waals surface area contributed by atoms with Crippen molar-refractivity contribution < 1.29 is 9.90 Å². The maximum absolute atomic E-state index is 11.4. The van der Waals surface area contributed by atoms with Crippen LogP contribution in [0.3, 0.4) is 0 Å². The molecule has 2 aromatic heterocycles. The number of halogens is 1. The molecule has 2 N–H and O–H groups in total. The van der Waals surface area contributed by atoms with Gasteiger partial charge in [-0.05, 0) is 30.6 Å². The highest BCUT2D eigenvalue weighted by Crippen LogP contribution is 2.41. The van der Waals surface area contributed by atoms with Crippen LogP contribution in [0.15, 0.2) is 6.20 Å². The van der Waals surface area contributed by atoms with Crippen molar-refractivity contribution in [3.05, 3.63) is 22.5 Å². The first kappa shape index (κ1) is 18.0. The summed E-state index contributed by atoms with van der Waals surface area (Å²) in [5.74, 6) is 1.10. The number of carbonyl (C=O) groups is 1. The molecule has 0 unspecified atom stereocenters. The van der Waals surface area contributed by atoms with Gasteiger partial charge in [-0.1, -0.05) is 45.2 Å². The van der Waals surface area contributed by atoms with Crippen LogP contribution in [-0.2, 0) is 0 Å². The molecule has 1 aliphatic rings. The van der Waals surface area contributed by atoms with E-state index in [1.807, 2.05) is 0 Å². The molecule has 25 heavy (non-hydrogen) atoms. The van der Waals surface area contributed by atoms with Crippen LogP contribution < -0.4 is 5.32 Å². The zero-order valence-corrected chi connectivity index (χ0v) is 15.7. The molecular formula is C18H25ClN4O2. The molecule has 1 fully saturated rings. The molecule has 0 saturated heterocycles. The molecule has 7 heteroatoms. The normalized spacial score (nSPS) is 16.7. The summed E-state index contributed by atoms with van der Waals surface area (Å²) in [5, 5.41) is 17.5. The molecule has 1 aliphatic carbocycles. The molecule has 1 saturated carbocycles. The molecule has 0 aromatic carbocycles. The van der Waals surface area contributed by atoms with Crippen LogP contribution in [0.1, 0.15) is 68.3 Å². The molecular weight excluding hydrogens is 340 g/mol. The molecule has 2 aromatic rings. The average molecular weight is 365 g/mol. The quantitative estimate of drug-likeness (QED) is 0.740. The van der Waals surface area contributed by atoms with Crippen LogP contribution in [0.25, 0.3) is 5.65 Å². The van der Waals surface area contributed by atoms with Gasteiger partial charge in [0.05, 0.1) is 6.20 Å². The lowest BCUT2D eigenvalue weighted by Crippen LogP contribution is -2.20. The number of anilines is 1. The molecule has 136 valence electrons. The largest absolute Gasteiger partial charge is 0.477 e. The summed E-state index contributed by atoms with van der Waals surface area (Å²) in [4.78, 5) is 15.8. The Morgan fingerprint density at radius 1 is 1.40 bits per heavy atom. The van der Waals surface area contributed by atoms with E-state index < -0.39 is 5.97 Å². The highest BCUT2D eigenvalue weighted by molar-refractivity contribution is 6.30. The zero-order valence-electron chi connectivity index (χ0n) is 14.9. The summed E-state index contributed by atoms with van der Waals surface area (Å²) in [7, 11) is 0. The number of nitrogens with zero attached hydrogens (tertiary/aromatic N) is 3. The zero-order chi connectivity index (χ0) is 18.1. The van der Waals surface area contributed by atoms with Crippen molar-refractivity contribution in [2.24, 2.45) is 11.8 Å². The van der Waals surface area contributed by atoms with Gasteiger partial charge in [-0.15, -0.1) is 0 Å². The van der Waals surface area contributed by atoms with E-state index in [0.29, 0.717) is 28.6 Å². The van der Waals surface area contributed by atoms with Gasteiger partial charge in [-0.25, -0.2) is 9.78 Å². The van der Waals surface area contributed by atoms with Crippen LogP contribution in [0.4, 0.5) is 5.82 Å². The molecule has 2 heterocycles. The maximum atomic E-state index is 11.4. The standard InChI is InChI=1S/C18H25ClN4O2/c1-10(2)11(3)8-20-17-14(12-6-4-5-7-12)15(19)22-16-13(18(24)25)9-21-23(16)17/h9-12,20H,4-8H2,1-3H3,(H,24,25)/t11-/m1/s1. The van der Waals surface area contributed by atoms with Crippen LogP contribution >= 0.6 is 11.6 Å². The fraction of sp³-hybridized carbons (Fsp3) is 0.611. The predicted octanol–water partition coefficient (Wildman–Crippen LogP) is 4.44. The Kier molecular flexibility index (Phi) is 5.18. The third-order valence-corrected chi connectivity index (χ3v) is 5.65. The van der Waals surface area contributed by atoms with Crippen LogP contribution in [0.5, 0.6) is 0 Å². The lowest BCUT2D eigenvalue weighted by Gasteiger charge is -2.22. The first-order valence-corrected chi connectivity index (χ1v) is 9.32. The Labute approximate surface area is 152 Å². The van der Waals surface area contributed by atoms with E-state index in [0.717, 1.165) is 30.8 Å². The van der Waals surface area contributed by atoms with Crippen molar-refractivity contribution >= 4 is 29.0 Å². The summed E-state index contributed by atoms with van der Waals surface area (Å²) in [6.07, 6.45) is 5.86. The smallest absolute Gasteiger partial charge is 0.341 e. The Morgan fingerprint density at radius 2 is 2.08 bits per heavy atom. The van der Waals surface area contributed by atoms with Gasteiger partial charge >= 0.3 is 5.97 Å². The lowest BCUT2D eigenvalue weighted by molar-refractivity contribution is 0.0699. The number of rotatable bonds is 6. The second-order valence-corrected chi connectivity index (χ2v) is 7.71. The number of nitrogens with one attached hydrogen (secondary N) is 1. The molecule has 6 nitrogen and oxygen atoms in total.